The molecule has 0 saturated carbocycles. The van der Waals surface area contributed by atoms with Crippen LogP contribution in [0.15, 0.2) is 0 Å². The minimum Gasteiger partial charge on any atom is -0.481 e. The van der Waals surface area contributed by atoms with Crippen LogP contribution >= 0.6 is 0 Å². The predicted molar refractivity (Wildman–Crippen MR) is 66.6 cm³/mol. The summed E-state index contributed by atoms with van der Waals surface area (Å²) in [7, 11) is 1.61. The first-order valence-electron chi connectivity index (χ1n) is 6.26. The molecule has 2 N–H and O–H groups in total. The minimum absolute atomic E-state index is 0.00996. The molecule has 2 unspecified atom stereocenters. The molecule has 108 valence electrons. The van der Waals surface area contributed by atoms with Crippen LogP contribution in [0, 0.1) is 5.92 Å². The third-order valence-electron chi connectivity index (χ3n) is 3.08. The Morgan fingerprint density at radius 1 is 1.42 bits per heavy atom. The van der Waals surface area contributed by atoms with E-state index < -0.39 is 17.9 Å². The summed E-state index contributed by atoms with van der Waals surface area (Å²) in [6.45, 7) is 2.76. The molecule has 2 atom stereocenters. The summed E-state index contributed by atoms with van der Waals surface area (Å²) in [6.07, 6.45) is 0.689. The number of urea groups is 1. The Hall–Kier alpha value is -1.63. The molecule has 0 radical (unpaired) electrons. The smallest absolute Gasteiger partial charge is 0.324 e. The summed E-state index contributed by atoms with van der Waals surface area (Å²) in [5.41, 5.74) is 0. The summed E-state index contributed by atoms with van der Waals surface area (Å²) in [5, 5.41) is 10.8. The van der Waals surface area contributed by atoms with Gasteiger partial charge in [-0.1, -0.05) is 6.92 Å². The summed E-state index contributed by atoms with van der Waals surface area (Å²) in [5.74, 6) is -1.71. The van der Waals surface area contributed by atoms with E-state index in [0.717, 1.165) is 6.42 Å². The summed E-state index contributed by atoms with van der Waals surface area (Å²) in [6, 6.07) is -0.479. The van der Waals surface area contributed by atoms with Crippen LogP contribution in [0.3, 0.4) is 0 Å². The van der Waals surface area contributed by atoms with E-state index in [4.69, 9.17) is 9.84 Å². The second kappa shape index (κ2) is 7.08. The molecule has 1 rings (SSSR count). The third kappa shape index (κ3) is 5.25. The minimum atomic E-state index is -0.952. The van der Waals surface area contributed by atoms with Crippen LogP contribution < -0.4 is 5.32 Å². The highest BCUT2D eigenvalue weighted by Gasteiger charge is 2.25. The van der Waals surface area contributed by atoms with Crippen molar-refractivity contribution in [2.24, 2.45) is 5.92 Å². The van der Waals surface area contributed by atoms with Crippen LogP contribution in [-0.4, -0.2) is 54.2 Å². The van der Waals surface area contributed by atoms with Gasteiger partial charge in [-0.3, -0.25) is 14.9 Å². The number of hydrogen-bond donors (Lipinski definition) is 2. The SMILES string of the molecule is CC(CC(=O)O)CC(=O)NC(=O)N(C)C1CCOC1. The standard InChI is InChI=1S/C12H20N2O5/c1-8(6-11(16)17)5-10(15)13-12(18)14(2)9-3-4-19-7-9/h8-9H,3-7H2,1-2H3,(H,16,17)(H,13,15,18). The van der Waals surface area contributed by atoms with Crippen molar-refractivity contribution < 1.29 is 24.2 Å². The molecular formula is C12H20N2O5. The summed E-state index contributed by atoms with van der Waals surface area (Å²) < 4.78 is 5.17. The fourth-order valence-electron chi connectivity index (χ4n) is 1.94. The van der Waals surface area contributed by atoms with Crippen LogP contribution in [0.5, 0.6) is 0 Å². The molecule has 1 heterocycles. The number of imide groups is 1. The number of carboxylic acids is 1. The van der Waals surface area contributed by atoms with E-state index in [1.54, 1.807) is 14.0 Å². The van der Waals surface area contributed by atoms with Gasteiger partial charge in [0, 0.05) is 26.5 Å². The highest BCUT2D eigenvalue weighted by atomic mass is 16.5. The number of amides is 3. The van der Waals surface area contributed by atoms with Crippen molar-refractivity contribution in [3.63, 3.8) is 0 Å². The zero-order valence-electron chi connectivity index (χ0n) is 11.2. The molecule has 1 aliphatic heterocycles. The van der Waals surface area contributed by atoms with Gasteiger partial charge in [0.25, 0.3) is 0 Å². The largest absolute Gasteiger partial charge is 0.481 e. The first-order valence-corrected chi connectivity index (χ1v) is 6.26. The van der Waals surface area contributed by atoms with Crippen LogP contribution in [0.1, 0.15) is 26.2 Å². The van der Waals surface area contributed by atoms with E-state index in [1.165, 1.54) is 4.90 Å². The van der Waals surface area contributed by atoms with E-state index in [1.807, 2.05) is 0 Å². The van der Waals surface area contributed by atoms with Gasteiger partial charge in [0.15, 0.2) is 0 Å². The molecule has 3 amide bonds. The Bertz CT molecular complexity index is 352. The van der Waals surface area contributed by atoms with Crippen molar-refractivity contribution in [3.05, 3.63) is 0 Å². The number of carbonyl (C=O) groups excluding carboxylic acids is 2. The van der Waals surface area contributed by atoms with Crippen molar-refractivity contribution in [2.75, 3.05) is 20.3 Å². The van der Waals surface area contributed by atoms with E-state index in [-0.39, 0.29) is 24.8 Å². The van der Waals surface area contributed by atoms with Gasteiger partial charge in [0.2, 0.25) is 5.91 Å². The first kappa shape index (κ1) is 15.4. The van der Waals surface area contributed by atoms with Crippen molar-refractivity contribution in [1.29, 1.82) is 0 Å². The molecular weight excluding hydrogens is 252 g/mol. The highest BCUT2D eigenvalue weighted by molar-refractivity contribution is 5.94. The third-order valence-corrected chi connectivity index (χ3v) is 3.08. The molecule has 1 saturated heterocycles. The maximum Gasteiger partial charge on any atom is 0.324 e. The maximum absolute atomic E-state index is 11.8. The van der Waals surface area contributed by atoms with Gasteiger partial charge >= 0.3 is 12.0 Å². The molecule has 7 nitrogen and oxygen atoms in total. The second-order valence-electron chi connectivity index (χ2n) is 4.89. The lowest BCUT2D eigenvalue weighted by atomic mass is 10.0. The van der Waals surface area contributed by atoms with E-state index in [2.05, 4.69) is 5.32 Å². The van der Waals surface area contributed by atoms with E-state index in [9.17, 15) is 14.4 Å². The fraction of sp³-hybridized carbons (Fsp3) is 0.750. The number of rotatable bonds is 5. The van der Waals surface area contributed by atoms with Crippen molar-refractivity contribution in [1.82, 2.24) is 10.2 Å². The van der Waals surface area contributed by atoms with Crippen LogP contribution in [0.2, 0.25) is 0 Å². The molecule has 7 heteroatoms. The number of aliphatic carboxylic acids is 1. The molecule has 0 spiro atoms. The van der Waals surface area contributed by atoms with Crippen LogP contribution in [0.25, 0.3) is 0 Å². The molecule has 0 aromatic carbocycles. The van der Waals surface area contributed by atoms with Gasteiger partial charge in [-0.2, -0.15) is 0 Å². The number of likely N-dealkylation sites (N-methyl/N-ethyl adjacent to an activating group) is 1. The topological polar surface area (TPSA) is 95.9 Å². The lowest BCUT2D eigenvalue weighted by molar-refractivity contribution is -0.138. The molecule has 0 aromatic rings. The van der Waals surface area contributed by atoms with Crippen molar-refractivity contribution >= 4 is 17.9 Å². The molecule has 0 aliphatic carbocycles. The van der Waals surface area contributed by atoms with Crippen LogP contribution in [0.4, 0.5) is 4.79 Å². The Morgan fingerprint density at radius 2 is 2.11 bits per heavy atom. The van der Waals surface area contributed by atoms with Gasteiger partial charge in [0.05, 0.1) is 12.6 Å². The Kier molecular flexibility index (Phi) is 5.75. The second-order valence-corrected chi connectivity index (χ2v) is 4.89. The van der Waals surface area contributed by atoms with Crippen LogP contribution in [-0.2, 0) is 14.3 Å². The molecule has 1 fully saturated rings. The zero-order chi connectivity index (χ0) is 14.4. The molecule has 0 bridgehead atoms. The average Bonchev–Trinajstić information content (AvgIpc) is 2.79. The first-order chi connectivity index (χ1) is 8.90. The van der Waals surface area contributed by atoms with E-state index in [0.29, 0.717) is 13.2 Å². The Morgan fingerprint density at radius 3 is 2.63 bits per heavy atom. The molecule has 19 heavy (non-hydrogen) atoms. The maximum atomic E-state index is 11.8. The normalized spacial score (nSPS) is 19.8. The Balaban J connectivity index is 2.34. The van der Waals surface area contributed by atoms with Crippen molar-refractivity contribution in [3.8, 4) is 0 Å². The summed E-state index contributed by atoms with van der Waals surface area (Å²) >= 11 is 0. The number of carboxylic acid groups (broad SMARTS) is 1. The highest BCUT2D eigenvalue weighted by Crippen LogP contribution is 2.11. The van der Waals surface area contributed by atoms with Gasteiger partial charge in [-0.15, -0.1) is 0 Å². The van der Waals surface area contributed by atoms with Gasteiger partial charge in [0.1, 0.15) is 0 Å². The van der Waals surface area contributed by atoms with Gasteiger partial charge in [-0.05, 0) is 12.3 Å². The Labute approximate surface area is 111 Å². The zero-order valence-corrected chi connectivity index (χ0v) is 11.2. The van der Waals surface area contributed by atoms with Gasteiger partial charge < -0.3 is 14.7 Å². The predicted octanol–water partition coefficient (Wildman–Crippen LogP) is 0.444. The van der Waals surface area contributed by atoms with Crippen molar-refractivity contribution in [2.45, 2.75) is 32.2 Å². The molecule has 0 aromatic heterocycles. The average molecular weight is 272 g/mol. The number of nitrogens with one attached hydrogen (secondary N) is 1. The number of hydrogen-bond acceptors (Lipinski definition) is 4. The number of nitrogens with zero attached hydrogens (tertiary/aromatic N) is 1. The monoisotopic (exact) mass is 272 g/mol. The van der Waals surface area contributed by atoms with E-state index >= 15 is 0 Å². The lowest BCUT2D eigenvalue weighted by Gasteiger charge is -2.23. The fourth-order valence-corrected chi connectivity index (χ4v) is 1.94. The number of carbonyl (C=O) groups is 3. The van der Waals surface area contributed by atoms with Gasteiger partial charge in [-0.25, -0.2) is 4.79 Å². The molecule has 1 aliphatic rings. The quantitative estimate of drug-likeness (QED) is 0.757. The lowest BCUT2D eigenvalue weighted by Crippen LogP contribution is -2.46. The number of ether oxygens (including phenoxy) is 1. The summed E-state index contributed by atoms with van der Waals surface area (Å²) in [4.78, 5) is 35.3.